The summed E-state index contributed by atoms with van der Waals surface area (Å²) in [5.41, 5.74) is 1.11. The van der Waals surface area contributed by atoms with Crippen LogP contribution in [0.1, 0.15) is 52.5 Å². The van der Waals surface area contributed by atoms with Crippen LogP contribution in [0.3, 0.4) is 0 Å². The van der Waals surface area contributed by atoms with E-state index in [1.807, 2.05) is 32.0 Å². The molecule has 1 aromatic carbocycles. The van der Waals surface area contributed by atoms with Crippen LogP contribution in [0.5, 0.6) is 0 Å². The van der Waals surface area contributed by atoms with Crippen molar-refractivity contribution in [3.05, 3.63) is 28.8 Å². The van der Waals surface area contributed by atoms with Crippen molar-refractivity contribution in [2.24, 2.45) is 22.7 Å². The normalized spacial score (nSPS) is 32.3. The van der Waals surface area contributed by atoms with Crippen molar-refractivity contribution in [1.82, 2.24) is 0 Å². The summed E-state index contributed by atoms with van der Waals surface area (Å²) < 4.78 is 0. The van der Waals surface area contributed by atoms with E-state index in [4.69, 9.17) is 11.6 Å². The van der Waals surface area contributed by atoms with Crippen LogP contribution in [0.15, 0.2) is 18.2 Å². The Morgan fingerprint density at radius 3 is 2.38 bits per heavy atom. The minimum atomic E-state index is -0.879. The van der Waals surface area contributed by atoms with Gasteiger partial charge in [0, 0.05) is 30.1 Å². The van der Waals surface area contributed by atoms with E-state index >= 15 is 0 Å². The fourth-order valence-corrected chi connectivity index (χ4v) is 6.05. The van der Waals surface area contributed by atoms with Crippen molar-refractivity contribution in [1.29, 1.82) is 0 Å². The van der Waals surface area contributed by atoms with E-state index in [0.717, 1.165) is 24.2 Å². The molecule has 3 atom stereocenters. The molecule has 1 saturated heterocycles. The van der Waals surface area contributed by atoms with Gasteiger partial charge in [-0.3, -0.25) is 9.59 Å². The Hall–Kier alpha value is -1.35. The first-order valence-electron chi connectivity index (χ1n) is 9.76. The summed E-state index contributed by atoms with van der Waals surface area (Å²) in [5, 5.41) is 0.715. The number of carbonyl (C=O) groups excluding carboxylic acids is 2. The number of hydrogen-bond donors (Lipinski definition) is 0. The largest absolute Gasteiger partial charge is 0.366 e. The molecule has 0 unspecified atom stereocenters. The first kappa shape index (κ1) is 18.0. The Morgan fingerprint density at radius 2 is 1.73 bits per heavy atom. The molecule has 3 nitrogen and oxygen atoms in total. The number of hydrogen-bond acceptors (Lipinski definition) is 3. The quantitative estimate of drug-likeness (QED) is 0.619. The summed E-state index contributed by atoms with van der Waals surface area (Å²) in [6.07, 6.45) is 2.58. The highest BCUT2D eigenvalue weighted by molar-refractivity contribution is 6.31. The molecule has 2 heterocycles. The van der Waals surface area contributed by atoms with Gasteiger partial charge >= 0.3 is 0 Å². The van der Waals surface area contributed by atoms with Gasteiger partial charge in [0.2, 0.25) is 0 Å². The summed E-state index contributed by atoms with van der Waals surface area (Å²) in [6, 6.07) is 5.87. The predicted octanol–water partition coefficient (Wildman–Crippen LogP) is 4.69. The summed E-state index contributed by atoms with van der Waals surface area (Å²) in [6.45, 7) is 9.43. The first-order valence-corrected chi connectivity index (χ1v) is 10.1. The lowest BCUT2D eigenvalue weighted by molar-refractivity contribution is -0.152. The van der Waals surface area contributed by atoms with Gasteiger partial charge in [-0.15, -0.1) is 0 Å². The summed E-state index contributed by atoms with van der Waals surface area (Å²) in [5.74, 6) is 1.14. The highest BCUT2D eigenvalue weighted by Crippen LogP contribution is 2.54. The van der Waals surface area contributed by atoms with Crippen molar-refractivity contribution in [2.75, 3.05) is 11.4 Å². The Balaban J connectivity index is 1.90. The molecule has 4 heteroatoms. The fourth-order valence-electron chi connectivity index (χ4n) is 5.88. The van der Waals surface area contributed by atoms with Gasteiger partial charge in [-0.25, -0.2) is 0 Å². The molecule has 1 saturated carbocycles. The third-order valence-corrected chi connectivity index (χ3v) is 7.00. The van der Waals surface area contributed by atoms with Gasteiger partial charge in [-0.2, -0.15) is 0 Å². The number of anilines is 1. The van der Waals surface area contributed by atoms with Gasteiger partial charge < -0.3 is 4.90 Å². The Kier molecular flexibility index (Phi) is 4.04. The summed E-state index contributed by atoms with van der Waals surface area (Å²) in [7, 11) is 0. The number of ketones is 2. The third-order valence-electron chi connectivity index (χ3n) is 6.76. The third kappa shape index (κ3) is 2.54. The average molecular weight is 374 g/mol. The van der Waals surface area contributed by atoms with E-state index in [1.165, 1.54) is 0 Å². The Bertz CT molecular complexity index is 764. The maximum Gasteiger partial charge on any atom is 0.149 e. The number of Topliss-reactive ketones (excluding diaryl/α,β-unsaturated/α-hetero) is 2. The standard InChI is InChI=1S/C22H28ClNO2/c1-13-7-14(2)20-22(18(25)10-21(3,4)11-19(22)26)9-15-5-6-16(23)8-17(15)24(20)12-13/h5-6,8,13-14,20H,7,9-12H2,1-4H3/t13-,14+,20+/m0/s1. The molecule has 1 aliphatic carbocycles. The second-order valence-corrected chi connectivity index (χ2v) is 10.1. The summed E-state index contributed by atoms with van der Waals surface area (Å²) >= 11 is 6.29. The molecule has 0 N–H and O–H groups in total. The van der Waals surface area contributed by atoms with E-state index in [0.29, 0.717) is 36.1 Å². The van der Waals surface area contributed by atoms with Crippen molar-refractivity contribution < 1.29 is 9.59 Å². The molecule has 0 bridgehead atoms. The molecule has 2 fully saturated rings. The number of rotatable bonds is 0. The summed E-state index contributed by atoms with van der Waals surface area (Å²) in [4.78, 5) is 29.3. The van der Waals surface area contributed by atoms with Gasteiger partial charge in [0.05, 0.1) is 6.04 Å². The molecule has 0 radical (unpaired) electrons. The molecule has 3 aliphatic rings. The first-order chi connectivity index (χ1) is 12.1. The molecule has 4 rings (SSSR count). The number of benzene rings is 1. The lowest BCUT2D eigenvalue weighted by atomic mass is 9.54. The molecular formula is C22H28ClNO2. The van der Waals surface area contributed by atoms with E-state index in [1.54, 1.807) is 0 Å². The van der Waals surface area contributed by atoms with Crippen molar-refractivity contribution >= 4 is 28.9 Å². The number of piperidine rings is 1. The van der Waals surface area contributed by atoms with Crippen LogP contribution in [0.25, 0.3) is 0 Å². The highest BCUT2D eigenvalue weighted by atomic mass is 35.5. The zero-order valence-electron chi connectivity index (χ0n) is 16.1. The maximum absolute atomic E-state index is 13.5. The van der Waals surface area contributed by atoms with Gasteiger partial charge in [-0.05, 0) is 47.8 Å². The predicted molar refractivity (Wildman–Crippen MR) is 105 cm³/mol. The van der Waals surface area contributed by atoms with Crippen LogP contribution in [0.2, 0.25) is 5.02 Å². The SMILES string of the molecule is C[C@H]1C[C@@H](C)[C@H]2N(C1)c1cc(Cl)ccc1CC21C(=O)CC(C)(C)CC1=O. The molecule has 1 spiro atoms. The van der Waals surface area contributed by atoms with Gasteiger partial charge in [-0.1, -0.05) is 45.4 Å². The maximum atomic E-state index is 13.5. The zero-order chi connectivity index (χ0) is 18.9. The average Bonchev–Trinajstić information content (AvgIpc) is 2.51. The second kappa shape index (κ2) is 5.82. The van der Waals surface area contributed by atoms with Crippen LogP contribution < -0.4 is 4.90 Å². The second-order valence-electron chi connectivity index (χ2n) is 9.70. The van der Waals surface area contributed by atoms with Gasteiger partial charge in [0.1, 0.15) is 17.0 Å². The van der Waals surface area contributed by atoms with Crippen LogP contribution in [-0.4, -0.2) is 24.2 Å². The van der Waals surface area contributed by atoms with Crippen molar-refractivity contribution in [3.63, 3.8) is 0 Å². The molecule has 0 aromatic heterocycles. The van der Waals surface area contributed by atoms with Crippen LogP contribution >= 0.6 is 11.6 Å². The molecule has 2 aliphatic heterocycles. The Labute approximate surface area is 161 Å². The van der Waals surface area contributed by atoms with Crippen LogP contribution in [0, 0.1) is 22.7 Å². The van der Waals surface area contributed by atoms with E-state index in [-0.39, 0.29) is 23.0 Å². The smallest absolute Gasteiger partial charge is 0.149 e. The molecular weight excluding hydrogens is 346 g/mol. The molecule has 140 valence electrons. The van der Waals surface area contributed by atoms with Crippen LogP contribution in [0.4, 0.5) is 5.69 Å². The molecule has 26 heavy (non-hydrogen) atoms. The van der Waals surface area contributed by atoms with E-state index in [9.17, 15) is 9.59 Å². The molecule has 1 aromatic rings. The number of halogens is 1. The monoisotopic (exact) mass is 373 g/mol. The number of nitrogens with zero attached hydrogens (tertiary/aromatic N) is 1. The minimum Gasteiger partial charge on any atom is -0.366 e. The van der Waals surface area contributed by atoms with Crippen LogP contribution in [-0.2, 0) is 16.0 Å². The number of fused-ring (bicyclic) bond motifs is 4. The topological polar surface area (TPSA) is 37.4 Å². The zero-order valence-corrected chi connectivity index (χ0v) is 16.9. The fraction of sp³-hybridized carbons (Fsp3) is 0.636. The Morgan fingerprint density at radius 1 is 1.08 bits per heavy atom. The molecule has 0 amide bonds. The highest BCUT2D eigenvalue weighted by Gasteiger charge is 2.61. The van der Waals surface area contributed by atoms with E-state index in [2.05, 4.69) is 18.7 Å². The van der Waals surface area contributed by atoms with Crippen molar-refractivity contribution in [3.8, 4) is 0 Å². The van der Waals surface area contributed by atoms with Gasteiger partial charge in [0.25, 0.3) is 0 Å². The lowest BCUT2D eigenvalue weighted by Crippen LogP contribution is -2.67. The van der Waals surface area contributed by atoms with Crippen molar-refractivity contribution in [2.45, 2.75) is 59.4 Å². The lowest BCUT2D eigenvalue weighted by Gasteiger charge is -2.57. The minimum absolute atomic E-state index is 0.0410. The van der Waals surface area contributed by atoms with E-state index < -0.39 is 5.41 Å². The number of carbonyl (C=O) groups is 2. The van der Waals surface area contributed by atoms with Gasteiger partial charge in [0.15, 0.2) is 0 Å².